The molecule has 4 heterocycles. The number of para-hydroxylation sites is 1. The highest BCUT2D eigenvalue weighted by atomic mass is 32.1. The van der Waals surface area contributed by atoms with Crippen LogP contribution in [0.25, 0.3) is 95.3 Å². The summed E-state index contributed by atoms with van der Waals surface area (Å²) in [6.07, 6.45) is 18.4. The highest BCUT2D eigenvalue weighted by Gasteiger charge is 2.42. The molecule has 0 spiro atoms. The Morgan fingerprint density at radius 1 is 0.415 bits per heavy atom. The first-order valence-corrected chi connectivity index (χ1v) is 27.0. The van der Waals surface area contributed by atoms with Crippen LogP contribution in [0.3, 0.4) is 0 Å². The van der Waals surface area contributed by atoms with Crippen LogP contribution in [0.15, 0.2) is 126 Å². The zero-order valence-corrected chi connectivity index (χ0v) is 41.0. The normalized spacial score (nSPS) is 13.3. The fourth-order valence-electron chi connectivity index (χ4n) is 11.2. The molecule has 0 radical (unpaired) electrons. The van der Waals surface area contributed by atoms with E-state index in [9.17, 15) is 0 Å². The number of hydrogen-bond donors (Lipinski definition) is 0. The quantitative estimate of drug-likeness (QED) is 0.0830. The van der Waals surface area contributed by atoms with Crippen molar-refractivity contribution in [3.63, 3.8) is 0 Å². The van der Waals surface area contributed by atoms with Crippen LogP contribution in [0.5, 0.6) is 0 Å². The lowest BCUT2D eigenvalue weighted by molar-refractivity contribution is 0.398. The number of furan rings is 1. The minimum atomic E-state index is 0.0371. The smallest absolute Gasteiger partial charge is 0.136 e. The predicted molar refractivity (Wildman–Crippen MR) is 288 cm³/mol. The van der Waals surface area contributed by atoms with Crippen LogP contribution in [-0.4, -0.2) is 0 Å². The van der Waals surface area contributed by atoms with Gasteiger partial charge in [0.2, 0.25) is 0 Å². The Labute approximate surface area is 397 Å². The molecule has 0 amide bonds. The maximum Gasteiger partial charge on any atom is 0.136 e. The lowest BCUT2D eigenvalue weighted by Gasteiger charge is -2.33. The van der Waals surface area contributed by atoms with Gasteiger partial charge in [-0.3, -0.25) is 0 Å². The minimum Gasteiger partial charge on any atom is -0.456 e. The van der Waals surface area contributed by atoms with Crippen LogP contribution in [-0.2, 0) is 5.41 Å². The van der Waals surface area contributed by atoms with Crippen LogP contribution >= 0.6 is 34.0 Å². The van der Waals surface area contributed by atoms with E-state index in [4.69, 9.17) is 4.42 Å². The summed E-state index contributed by atoms with van der Waals surface area (Å²) in [5, 5.41) is 4.98. The Hall–Kier alpha value is -5.00. The molecule has 1 aliphatic rings. The van der Waals surface area contributed by atoms with E-state index in [1.165, 1.54) is 184 Å². The third kappa shape index (κ3) is 7.98. The van der Waals surface area contributed by atoms with Gasteiger partial charge in [-0.15, -0.1) is 34.0 Å². The van der Waals surface area contributed by atoms with Gasteiger partial charge in [-0.25, -0.2) is 0 Å². The molecular weight excluding hydrogens is 845 g/mol. The average molecular weight is 905 g/mol. The fourth-order valence-corrected chi connectivity index (χ4v) is 14.6. The molecule has 0 aliphatic heterocycles. The average Bonchev–Trinajstić information content (AvgIpc) is 4.12. The topological polar surface area (TPSA) is 13.1 Å². The second-order valence-electron chi connectivity index (χ2n) is 19.2. The minimum absolute atomic E-state index is 0.0371. The van der Waals surface area contributed by atoms with Crippen molar-refractivity contribution in [2.24, 2.45) is 0 Å². The lowest BCUT2D eigenvalue weighted by atomic mass is 9.70. The van der Waals surface area contributed by atoms with Crippen molar-refractivity contribution in [1.82, 2.24) is 0 Å². The number of unbranched alkanes of at least 4 members (excludes halogenated alkanes) is 10. The standard InChI is InChI=1S/C61H60OS3/c1-5-7-9-11-13-17-27-61(28-18-14-12-10-8-6-2)52-29-39(3)21-24-46(52)47-25-22-42(35-53(47)61)44-31-43(32-45(33-44)57-38-60-59(65-57)30-40(4)63-60)41-23-26-56-50(34-41)51-36-49-48-19-15-16-20-54(48)62-55(49)37-58(51)64-56/h15-16,19-26,29-38H,5-14,17-18,27-28H2,1-4H3. The first-order valence-electron chi connectivity index (χ1n) is 24.6. The molecule has 0 N–H and O–H groups in total. The molecule has 0 saturated heterocycles. The molecule has 1 nitrogen and oxygen atoms in total. The van der Waals surface area contributed by atoms with Crippen molar-refractivity contribution in [3.8, 4) is 43.8 Å². The maximum atomic E-state index is 6.33. The maximum absolute atomic E-state index is 6.33. The van der Waals surface area contributed by atoms with E-state index in [1.807, 2.05) is 34.0 Å². The first kappa shape index (κ1) is 42.6. The van der Waals surface area contributed by atoms with E-state index in [2.05, 4.69) is 149 Å². The van der Waals surface area contributed by atoms with Crippen LogP contribution in [0.2, 0.25) is 0 Å². The summed E-state index contributed by atoms with van der Waals surface area (Å²) in [7, 11) is 0. The molecule has 0 saturated carbocycles. The molecule has 1 aliphatic carbocycles. The third-order valence-corrected chi connectivity index (χ3v) is 18.0. The zero-order valence-electron chi connectivity index (χ0n) is 38.6. The van der Waals surface area contributed by atoms with Crippen LogP contribution in [0.4, 0.5) is 0 Å². The third-order valence-electron chi connectivity index (χ3n) is 14.6. The Kier molecular flexibility index (Phi) is 11.8. The summed E-state index contributed by atoms with van der Waals surface area (Å²) in [5.41, 5.74) is 15.9. The van der Waals surface area contributed by atoms with E-state index in [0.717, 1.165) is 11.2 Å². The van der Waals surface area contributed by atoms with Gasteiger partial charge in [0.25, 0.3) is 0 Å². The first-order chi connectivity index (χ1) is 31.9. The number of benzene rings is 6. The molecule has 10 aromatic rings. The Balaban J connectivity index is 1.04. The van der Waals surface area contributed by atoms with E-state index >= 15 is 0 Å². The molecule has 0 fully saturated rings. The monoisotopic (exact) mass is 904 g/mol. The summed E-state index contributed by atoms with van der Waals surface area (Å²) in [4.78, 5) is 2.72. The second kappa shape index (κ2) is 18.0. The second-order valence-corrected chi connectivity index (χ2v) is 22.6. The number of thiophene rings is 3. The summed E-state index contributed by atoms with van der Waals surface area (Å²) in [5.74, 6) is 0. The Bertz CT molecular complexity index is 3300. The van der Waals surface area contributed by atoms with E-state index in [0.29, 0.717) is 0 Å². The van der Waals surface area contributed by atoms with Crippen molar-refractivity contribution >= 4 is 85.5 Å². The van der Waals surface area contributed by atoms with Crippen molar-refractivity contribution in [2.75, 3.05) is 0 Å². The van der Waals surface area contributed by atoms with E-state index < -0.39 is 0 Å². The van der Waals surface area contributed by atoms with Crippen LogP contribution in [0.1, 0.15) is 125 Å². The highest BCUT2D eigenvalue weighted by Crippen LogP contribution is 2.56. The zero-order chi connectivity index (χ0) is 44.1. The van der Waals surface area contributed by atoms with Crippen molar-refractivity contribution in [1.29, 1.82) is 0 Å². The Morgan fingerprint density at radius 2 is 1.05 bits per heavy atom. The predicted octanol–water partition coefficient (Wildman–Crippen LogP) is 20.6. The van der Waals surface area contributed by atoms with Crippen molar-refractivity contribution in [2.45, 2.75) is 123 Å². The van der Waals surface area contributed by atoms with Crippen LogP contribution < -0.4 is 0 Å². The molecule has 328 valence electrons. The van der Waals surface area contributed by atoms with Gasteiger partial charge in [-0.05, 0) is 143 Å². The van der Waals surface area contributed by atoms with Gasteiger partial charge in [0.1, 0.15) is 11.2 Å². The van der Waals surface area contributed by atoms with Gasteiger partial charge in [-0.1, -0.05) is 151 Å². The number of aryl methyl sites for hydroxylation is 2. The molecule has 11 rings (SSSR count). The summed E-state index contributed by atoms with van der Waals surface area (Å²) in [6.45, 7) is 9.18. The molecule has 0 atom stereocenters. The van der Waals surface area contributed by atoms with E-state index in [-0.39, 0.29) is 5.41 Å². The SMILES string of the molecule is CCCCCCCCC1(CCCCCCCC)c2cc(C)ccc2-c2ccc(-c3cc(-c4ccc5sc6cc7oc8ccccc8c7cc6c5c4)cc(-c4cc5sc(C)cc5s4)c3)cc21. The number of fused-ring (bicyclic) bond motifs is 10. The summed E-state index contributed by atoms with van der Waals surface area (Å²) >= 11 is 5.71. The Morgan fingerprint density at radius 3 is 1.80 bits per heavy atom. The van der Waals surface area contributed by atoms with Crippen molar-refractivity contribution < 1.29 is 4.42 Å². The molecular formula is C61H60OS3. The molecule has 65 heavy (non-hydrogen) atoms. The molecule has 6 aromatic carbocycles. The van der Waals surface area contributed by atoms with Gasteiger partial charge in [-0.2, -0.15) is 0 Å². The number of hydrogen-bond acceptors (Lipinski definition) is 4. The largest absolute Gasteiger partial charge is 0.456 e. The van der Waals surface area contributed by atoms with E-state index in [1.54, 1.807) is 11.1 Å². The highest BCUT2D eigenvalue weighted by molar-refractivity contribution is 7.29. The van der Waals surface area contributed by atoms with Gasteiger partial charge >= 0.3 is 0 Å². The van der Waals surface area contributed by atoms with Gasteiger partial charge < -0.3 is 4.42 Å². The van der Waals surface area contributed by atoms with Crippen LogP contribution in [0, 0.1) is 13.8 Å². The summed E-state index contributed by atoms with van der Waals surface area (Å²) < 4.78 is 11.7. The number of rotatable bonds is 17. The molecule has 4 heteroatoms. The lowest BCUT2D eigenvalue weighted by Crippen LogP contribution is -2.25. The van der Waals surface area contributed by atoms with Gasteiger partial charge in [0, 0.05) is 55.5 Å². The molecule has 4 aromatic heterocycles. The molecule has 0 unspecified atom stereocenters. The van der Waals surface area contributed by atoms with Gasteiger partial charge in [0.05, 0.1) is 0 Å². The van der Waals surface area contributed by atoms with Gasteiger partial charge in [0.15, 0.2) is 0 Å². The summed E-state index contributed by atoms with van der Waals surface area (Å²) in [6, 6.07) is 47.4. The fraction of sp³-hybridized carbons (Fsp3) is 0.311. The van der Waals surface area contributed by atoms with Crippen molar-refractivity contribution in [3.05, 3.63) is 143 Å². The molecule has 0 bridgehead atoms.